The van der Waals surface area contributed by atoms with Crippen LogP contribution in [-0.2, 0) is 32.6 Å². The zero-order valence-electron chi connectivity index (χ0n) is 17.5. The number of benzene rings is 2. The van der Waals surface area contributed by atoms with Gasteiger partial charge in [0.05, 0.1) is 19.5 Å². The summed E-state index contributed by atoms with van der Waals surface area (Å²) in [5.74, 6) is -0.352. The summed E-state index contributed by atoms with van der Waals surface area (Å²) in [5.41, 5.74) is 2.79. The zero-order chi connectivity index (χ0) is 21.6. The fourth-order valence-electron chi connectivity index (χ4n) is 3.52. The van der Waals surface area contributed by atoms with Crippen molar-refractivity contribution in [1.82, 2.24) is 14.5 Å². The Morgan fingerprint density at radius 2 is 1.67 bits per heavy atom. The normalized spacial score (nSPS) is 16.4. The van der Waals surface area contributed by atoms with Crippen molar-refractivity contribution in [3.05, 3.63) is 71.3 Å². The molecule has 2 aromatic carbocycles. The Morgan fingerprint density at radius 3 is 2.30 bits per heavy atom. The number of sulfonamides is 1. The predicted molar refractivity (Wildman–Crippen MR) is 116 cm³/mol. The van der Waals surface area contributed by atoms with E-state index in [4.69, 9.17) is 4.74 Å². The van der Waals surface area contributed by atoms with E-state index in [1.165, 1.54) is 7.05 Å². The Balaban J connectivity index is 1.74. The monoisotopic (exact) mass is 431 g/mol. The maximum atomic E-state index is 13.1. The summed E-state index contributed by atoms with van der Waals surface area (Å²) < 4.78 is 30.8. The molecule has 0 aromatic heterocycles. The lowest BCUT2D eigenvalue weighted by molar-refractivity contribution is -0.125. The molecule has 1 N–H and O–H groups in total. The predicted octanol–water partition coefficient (Wildman–Crippen LogP) is 1.77. The Hall–Kier alpha value is -2.26. The molecule has 1 atom stereocenters. The molecule has 1 unspecified atom stereocenters. The van der Waals surface area contributed by atoms with Crippen molar-refractivity contribution >= 4 is 15.9 Å². The van der Waals surface area contributed by atoms with Crippen LogP contribution in [0.15, 0.2) is 54.6 Å². The summed E-state index contributed by atoms with van der Waals surface area (Å²) in [6, 6.07) is 16.0. The van der Waals surface area contributed by atoms with Gasteiger partial charge in [-0.3, -0.25) is 9.69 Å². The number of hydrogen-bond donors (Lipinski definition) is 1. The van der Waals surface area contributed by atoms with Crippen molar-refractivity contribution in [1.29, 1.82) is 0 Å². The Kier molecular flexibility index (Phi) is 7.60. The van der Waals surface area contributed by atoms with E-state index in [2.05, 4.69) is 16.3 Å². The van der Waals surface area contributed by atoms with Gasteiger partial charge in [-0.25, -0.2) is 8.42 Å². The number of carbonyl (C=O) groups is 1. The lowest BCUT2D eigenvalue weighted by Gasteiger charge is -2.28. The molecule has 2 aromatic rings. The highest BCUT2D eigenvalue weighted by molar-refractivity contribution is 7.88. The van der Waals surface area contributed by atoms with E-state index in [0.29, 0.717) is 12.1 Å². The smallest absolute Gasteiger partial charge is 0.243 e. The molecule has 0 radical (unpaired) electrons. The summed E-state index contributed by atoms with van der Waals surface area (Å²) in [4.78, 5) is 15.4. The molecule has 0 aliphatic carbocycles. The number of morpholine rings is 1. The fourth-order valence-corrected chi connectivity index (χ4v) is 4.12. The number of ether oxygens (including phenoxy) is 1. The number of nitrogens with one attached hydrogen (secondary N) is 1. The van der Waals surface area contributed by atoms with Gasteiger partial charge in [-0.05, 0) is 16.7 Å². The van der Waals surface area contributed by atoms with E-state index in [-0.39, 0.29) is 5.91 Å². The Labute approximate surface area is 178 Å². The molecule has 0 bridgehead atoms. The minimum Gasteiger partial charge on any atom is -0.379 e. The van der Waals surface area contributed by atoms with Gasteiger partial charge in [0.15, 0.2) is 0 Å². The number of carbonyl (C=O) groups excluding carboxylic acids is 1. The molecule has 0 saturated carbocycles. The van der Waals surface area contributed by atoms with E-state index in [9.17, 15) is 13.2 Å². The molecule has 1 fully saturated rings. The summed E-state index contributed by atoms with van der Waals surface area (Å²) in [5, 5.41) is 2.94. The highest BCUT2D eigenvalue weighted by Gasteiger charge is 2.30. The van der Waals surface area contributed by atoms with Gasteiger partial charge in [-0.15, -0.1) is 0 Å². The SMILES string of the molecule is CN(C(C(=O)NCc1ccccc1CN1CCOCC1)c1ccccc1)S(C)(=O)=O. The van der Waals surface area contributed by atoms with Crippen molar-refractivity contribution in [3.8, 4) is 0 Å². The third-order valence-electron chi connectivity index (χ3n) is 5.32. The van der Waals surface area contributed by atoms with E-state index in [1.807, 2.05) is 24.3 Å². The standard InChI is InChI=1S/C22H29N3O4S/c1-24(30(2,27)28)21(18-8-4-3-5-9-18)22(26)23-16-19-10-6-7-11-20(19)17-25-12-14-29-15-13-25/h3-11,21H,12-17H2,1-2H3,(H,23,26). The van der Waals surface area contributed by atoms with Gasteiger partial charge in [0, 0.05) is 33.2 Å². The molecule has 8 heteroatoms. The fraction of sp³-hybridized carbons (Fsp3) is 0.409. The number of nitrogens with zero attached hydrogens (tertiary/aromatic N) is 2. The first-order valence-corrected chi connectivity index (χ1v) is 11.8. The van der Waals surface area contributed by atoms with Crippen molar-refractivity contribution in [2.45, 2.75) is 19.1 Å². The minimum atomic E-state index is -3.55. The van der Waals surface area contributed by atoms with Crippen LogP contribution in [0.5, 0.6) is 0 Å². The average molecular weight is 432 g/mol. The van der Waals surface area contributed by atoms with E-state index in [0.717, 1.165) is 54.5 Å². The first kappa shape index (κ1) is 22.4. The highest BCUT2D eigenvalue weighted by atomic mass is 32.2. The third-order valence-corrected chi connectivity index (χ3v) is 6.58. The molecule has 1 aliphatic rings. The van der Waals surface area contributed by atoms with E-state index >= 15 is 0 Å². The topological polar surface area (TPSA) is 79.0 Å². The van der Waals surface area contributed by atoms with Crippen LogP contribution in [0.1, 0.15) is 22.7 Å². The number of rotatable bonds is 8. The average Bonchev–Trinajstić information content (AvgIpc) is 2.74. The summed E-state index contributed by atoms with van der Waals surface area (Å²) >= 11 is 0. The Bertz CT molecular complexity index is 944. The van der Waals surface area contributed by atoms with Crippen molar-refractivity contribution in [2.75, 3.05) is 39.6 Å². The van der Waals surface area contributed by atoms with Crippen LogP contribution < -0.4 is 5.32 Å². The van der Waals surface area contributed by atoms with Crippen LogP contribution in [0.3, 0.4) is 0 Å². The summed E-state index contributed by atoms with van der Waals surface area (Å²) in [6.45, 7) is 4.36. The summed E-state index contributed by atoms with van der Waals surface area (Å²) in [6.07, 6.45) is 1.11. The van der Waals surface area contributed by atoms with E-state index < -0.39 is 16.1 Å². The highest BCUT2D eigenvalue weighted by Crippen LogP contribution is 2.22. The second-order valence-electron chi connectivity index (χ2n) is 7.47. The molecular weight excluding hydrogens is 402 g/mol. The molecule has 1 heterocycles. The second-order valence-corrected chi connectivity index (χ2v) is 9.51. The minimum absolute atomic E-state index is 0.334. The molecule has 3 rings (SSSR count). The van der Waals surface area contributed by atoms with E-state index in [1.54, 1.807) is 24.3 Å². The van der Waals surface area contributed by atoms with Crippen LogP contribution in [0.4, 0.5) is 0 Å². The van der Waals surface area contributed by atoms with Crippen LogP contribution in [0, 0.1) is 0 Å². The first-order chi connectivity index (χ1) is 14.4. The molecule has 0 spiro atoms. The molecule has 1 amide bonds. The quantitative estimate of drug-likeness (QED) is 0.689. The molecule has 1 saturated heterocycles. The largest absolute Gasteiger partial charge is 0.379 e. The van der Waals surface area contributed by atoms with Gasteiger partial charge in [0.2, 0.25) is 15.9 Å². The van der Waals surface area contributed by atoms with Gasteiger partial charge in [-0.1, -0.05) is 54.6 Å². The molecular formula is C22H29N3O4S. The lowest BCUT2D eigenvalue weighted by Crippen LogP contribution is -2.41. The van der Waals surface area contributed by atoms with Crippen LogP contribution in [0.2, 0.25) is 0 Å². The van der Waals surface area contributed by atoms with Gasteiger partial charge in [0.1, 0.15) is 6.04 Å². The van der Waals surface area contributed by atoms with Crippen molar-refractivity contribution in [2.24, 2.45) is 0 Å². The lowest BCUT2D eigenvalue weighted by atomic mass is 10.0. The maximum absolute atomic E-state index is 13.1. The molecule has 1 aliphatic heterocycles. The van der Waals surface area contributed by atoms with Crippen LogP contribution in [0.25, 0.3) is 0 Å². The summed E-state index contributed by atoms with van der Waals surface area (Å²) in [7, 11) is -2.12. The Morgan fingerprint density at radius 1 is 1.07 bits per heavy atom. The molecule has 7 nitrogen and oxygen atoms in total. The third kappa shape index (κ3) is 5.89. The van der Waals surface area contributed by atoms with Gasteiger partial charge in [-0.2, -0.15) is 4.31 Å². The van der Waals surface area contributed by atoms with Gasteiger partial charge < -0.3 is 10.1 Å². The number of amides is 1. The maximum Gasteiger partial charge on any atom is 0.243 e. The molecule has 162 valence electrons. The number of hydrogen-bond acceptors (Lipinski definition) is 5. The molecule has 30 heavy (non-hydrogen) atoms. The van der Waals surface area contributed by atoms with Gasteiger partial charge >= 0.3 is 0 Å². The van der Waals surface area contributed by atoms with Gasteiger partial charge in [0.25, 0.3) is 0 Å². The van der Waals surface area contributed by atoms with Crippen LogP contribution in [-0.4, -0.2) is 63.1 Å². The van der Waals surface area contributed by atoms with Crippen molar-refractivity contribution in [3.63, 3.8) is 0 Å². The van der Waals surface area contributed by atoms with Crippen LogP contribution >= 0.6 is 0 Å². The first-order valence-electron chi connectivity index (χ1n) is 9.99. The number of likely N-dealkylation sites (N-methyl/N-ethyl adjacent to an activating group) is 1. The van der Waals surface area contributed by atoms with Crippen molar-refractivity contribution < 1.29 is 17.9 Å². The zero-order valence-corrected chi connectivity index (χ0v) is 18.3. The second kappa shape index (κ2) is 10.2.